The van der Waals surface area contributed by atoms with E-state index in [-0.39, 0.29) is 12.0 Å². The van der Waals surface area contributed by atoms with Crippen molar-refractivity contribution in [3.8, 4) is 0 Å². The van der Waals surface area contributed by atoms with E-state index in [0.29, 0.717) is 26.2 Å². The minimum Gasteiger partial charge on any atom is -0.374 e. The molecule has 1 aromatic rings. The molecule has 4 nitrogen and oxygen atoms in total. The van der Waals surface area contributed by atoms with Crippen molar-refractivity contribution in [2.75, 3.05) is 26.2 Å². The molecule has 0 aromatic heterocycles. The highest BCUT2D eigenvalue weighted by molar-refractivity contribution is 5.72. The second-order valence-electron chi connectivity index (χ2n) is 5.36. The average molecular weight is 316 g/mol. The molecule has 1 unspecified atom stereocenters. The van der Waals surface area contributed by atoms with E-state index < -0.39 is 11.7 Å². The number of halogens is 3. The summed E-state index contributed by atoms with van der Waals surface area (Å²) < 4.78 is 43.1. The maximum atomic E-state index is 12.5. The molecule has 1 aliphatic rings. The highest BCUT2D eigenvalue weighted by Gasteiger charge is 2.30. The van der Waals surface area contributed by atoms with Crippen molar-refractivity contribution in [1.82, 2.24) is 10.2 Å². The number of nitrogens with zero attached hydrogens (tertiary/aromatic N) is 1. The van der Waals surface area contributed by atoms with Crippen LogP contribution in [-0.4, -0.2) is 43.2 Å². The molecule has 1 aromatic carbocycles. The number of hydrogen-bond donors (Lipinski definition) is 1. The van der Waals surface area contributed by atoms with Gasteiger partial charge in [-0.3, -0.25) is 9.69 Å². The van der Waals surface area contributed by atoms with Crippen LogP contribution in [0.25, 0.3) is 0 Å². The van der Waals surface area contributed by atoms with Gasteiger partial charge in [0.1, 0.15) is 0 Å². The Labute approximate surface area is 127 Å². The van der Waals surface area contributed by atoms with Crippen LogP contribution in [0, 0.1) is 0 Å². The number of amides is 1. The summed E-state index contributed by atoms with van der Waals surface area (Å²) in [5.74, 6) is -0.108. The summed E-state index contributed by atoms with van der Waals surface area (Å²) in [6, 6.07) is 5.21. The second kappa shape index (κ2) is 7.11. The number of carbonyl (C=O) groups excluding carboxylic acids is 1. The van der Waals surface area contributed by atoms with Gasteiger partial charge >= 0.3 is 6.18 Å². The first kappa shape index (κ1) is 16.8. The monoisotopic (exact) mass is 316 g/mol. The summed E-state index contributed by atoms with van der Waals surface area (Å²) in [5.41, 5.74) is 0.190. The van der Waals surface area contributed by atoms with Crippen LogP contribution in [0.5, 0.6) is 0 Å². The van der Waals surface area contributed by atoms with Crippen molar-refractivity contribution in [3.05, 3.63) is 35.4 Å². The number of rotatable bonds is 4. The first-order valence-corrected chi connectivity index (χ1v) is 7.09. The van der Waals surface area contributed by atoms with E-state index in [1.54, 1.807) is 0 Å². The van der Waals surface area contributed by atoms with E-state index in [9.17, 15) is 18.0 Å². The molecule has 2 rings (SSSR count). The average Bonchev–Trinajstić information content (AvgIpc) is 2.45. The molecule has 0 saturated carbocycles. The summed E-state index contributed by atoms with van der Waals surface area (Å²) in [4.78, 5) is 13.0. The van der Waals surface area contributed by atoms with E-state index in [4.69, 9.17) is 4.74 Å². The standard InChI is InChI=1S/C15H19F3N2O2/c1-11(21)19-8-14-10-20(6-7-22-14)9-12-2-4-13(5-3-12)15(16,17)18/h2-5,14H,6-10H2,1H3,(H,19,21). The van der Waals surface area contributed by atoms with Gasteiger partial charge in [0.05, 0.1) is 18.3 Å². The van der Waals surface area contributed by atoms with Crippen molar-refractivity contribution in [1.29, 1.82) is 0 Å². The summed E-state index contributed by atoms with van der Waals surface area (Å²) in [6.07, 6.45) is -4.40. The molecule has 7 heteroatoms. The molecule has 1 heterocycles. The van der Waals surface area contributed by atoms with Gasteiger partial charge < -0.3 is 10.1 Å². The zero-order valence-corrected chi connectivity index (χ0v) is 12.3. The largest absolute Gasteiger partial charge is 0.416 e. The normalized spacial score (nSPS) is 19.9. The topological polar surface area (TPSA) is 41.6 Å². The molecule has 1 saturated heterocycles. The Morgan fingerprint density at radius 3 is 2.64 bits per heavy atom. The van der Waals surface area contributed by atoms with Gasteiger partial charge in [-0.1, -0.05) is 12.1 Å². The number of ether oxygens (including phenoxy) is 1. The minimum absolute atomic E-state index is 0.0906. The number of carbonyl (C=O) groups is 1. The molecule has 0 bridgehead atoms. The van der Waals surface area contributed by atoms with E-state index in [0.717, 1.165) is 24.2 Å². The van der Waals surface area contributed by atoms with Gasteiger partial charge in [-0.15, -0.1) is 0 Å². The maximum absolute atomic E-state index is 12.5. The smallest absolute Gasteiger partial charge is 0.374 e. The molecular formula is C15H19F3N2O2. The Morgan fingerprint density at radius 1 is 1.36 bits per heavy atom. The van der Waals surface area contributed by atoms with Gasteiger partial charge in [-0.2, -0.15) is 13.2 Å². The summed E-state index contributed by atoms with van der Waals surface area (Å²) >= 11 is 0. The van der Waals surface area contributed by atoms with Crippen LogP contribution in [0.1, 0.15) is 18.1 Å². The third-order valence-corrected chi connectivity index (χ3v) is 3.49. The van der Waals surface area contributed by atoms with E-state index >= 15 is 0 Å². The number of benzene rings is 1. The first-order valence-electron chi connectivity index (χ1n) is 7.09. The third-order valence-electron chi connectivity index (χ3n) is 3.49. The SMILES string of the molecule is CC(=O)NCC1CN(Cc2ccc(C(F)(F)F)cc2)CCO1. The Hall–Kier alpha value is -1.60. The van der Waals surface area contributed by atoms with Crippen molar-refractivity contribution in [2.45, 2.75) is 25.7 Å². The van der Waals surface area contributed by atoms with Crippen molar-refractivity contribution < 1.29 is 22.7 Å². The molecule has 22 heavy (non-hydrogen) atoms. The lowest BCUT2D eigenvalue weighted by molar-refractivity contribution is -0.137. The van der Waals surface area contributed by atoms with Crippen LogP contribution >= 0.6 is 0 Å². The van der Waals surface area contributed by atoms with Crippen molar-refractivity contribution in [3.63, 3.8) is 0 Å². The van der Waals surface area contributed by atoms with E-state index in [2.05, 4.69) is 10.2 Å². The van der Waals surface area contributed by atoms with Gasteiger partial charge in [0, 0.05) is 33.1 Å². The summed E-state index contributed by atoms with van der Waals surface area (Å²) in [7, 11) is 0. The quantitative estimate of drug-likeness (QED) is 0.924. The van der Waals surface area contributed by atoms with Gasteiger partial charge in [0.25, 0.3) is 0 Å². The second-order valence-corrected chi connectivity index (χ2v) is 5.36. The highest BCUT2D eigenvalue weighted by Crippen LogP contribution is 2.29. The third kappa shape index (κ3) is 4.99. The van der Waals surface area contributed by atoms with E-state index in [1.807, 2.05) is 0 Å². The molecule has 0 aliphatic carbocycles. The molecular weight excluding hydrogens is 297 g/mol. The van der Waals surface area contributed by atoms with Gasteiger partial charge in [0.15, 0.2) is 0 Å². The predicted molar refractivity (Wildman–Crippen MR) is 75.1 cm³/mol. The first-order chi connectivity index (χ1) is 10.3. The Bertz CT molecular complexity index is 503. The Kier molecular flexibility index (Phi) is 5.42. The molecule has 1 fully saturated rings. The Morgan fingerprint density at radius 2 is 2.05 bits per heavy atom. The van der Waals surface area contributed by atoms with Crippen molar-refractivity contribution >= 4 is 5.91 Å². The molecule has 1 amide bonds. The predicted octanol–water partition coefficient (Wildman–Crippen LogP) is 2.04. The van der Waals surface area contributed by atoms with E-state index in [1.165, 1.54) is 19.1 Å². The summed E-state index contributed by atoms with van der Waals surface area (Å²) in [5, 5.41) is 2.71. The lowest BCUT2D eigenvalue weighted by atomic mass is 10.1. The zero-order chi connectivity index (χ0) is 16.2. The van der Waals surface area contributed by atoms with Crippen LogP contribution in [0.4, 0.5) is 13.2 Å². The summed E-state index contributed by atoms with van der Waals surface area (Å²) in [6.45, 7) is 4.36. The van der Waals surface area contributed by atoms with Gasteiger partial charge in [-0.05, 0) is 17.7 Å². The number of alkyl halides is 3. The maximum Gasteiger partial charge on any atom is 0.416 e. The van der Waals surface area contributed by atoms with Crippen LogP contribution in [0.3, 0.4) is 0 Å². The fourth-order valence-electron chi connectivity index (χ4n) is 2.36. The molecule has 1 N–H and O–H groups in total. The van der Waals surface area contributed by atoms with Gasteiger partial charge in [-0.25, -0.2) is 0 Å². The van der Waals surface area contributed by atoms with Gasteiger partial charge in [0.2, 0.25) is 5.91 Å². The molecule has 0 spiro atoms. The molecule has 0 radical (unpaired) electrons. The van der Waals surface area contributed by atoms with Crippen molar-refractivity contribution in [2.24, 2.45) is 0 Å². The van der Waals surface area contributed by atoms with Crippen LogP contribution in [0.2, 0.25) is 0 Å². The van der Waals surface area contributed by atoms with Crippen LogP contribution < -0.4 is 5.32 Å². The molecule has 122 valence electrons. The fourth-order valence-corrected chi connectivity index (χ4v) is 2.36. The number of nitrogens with one attached hydrogen (secondary N) is 1. The molecule has 1 atom stereocenters. The minimum atomic E-state index is -4.30. The van der Waals surface area contributed by atoms with Crippen LogP contribution in [-0.2, 0) is 22.3 Å². The lowest BCUT2D eigenvalue weighted by Gasteiger charge is -2.33. The lowest BCUT2D eigenvalue weighted by Crippen LogP contribution is -2.46. The zero-order valence-electron chi connectivity index (χ0n) is 12.3. The highest BCUT2D eigenvalue weighted by atomic mass is 19.4. The molecule has 1 aliphatic heterocycles. The fraction of sp³-hybridized carbons (Fsp3) is 0.533. The van der Waals surface area contributed by atoms with Crippen LogP contribution in [0.15, 0.2) is 24.3 Å². The number of hydrogen-bond acceptors (Lipinski definition) is 3. The Balaban J connectivity index is 1.88. The number of morpholine rings is 1.